The Morgan fingerprint density at radius 1 is 1.00 bits per heavy atom. The number of fused-ring (bicyclic) bond motifs is 1. The third-order valence-corrected chi connectivity index (χ3v) is 3.12. The molecule has 0 saturated carbocycles. The molecule has 2 aromatic rings. The maximum absolute atomic E-state index is 4.62. The van der Waals surface area contributed by atoms with Gasteiger partial charge in [0.25, 0.3) is 0 Å². The molecule has 0 aliphatic rings. The molecule has 0 fully saturated rings. The summed E-state index contributed by atoms with van der Waals surface area (Å²) in [7, 11) is 0. The molecule has 0 saturated heterocycles. The van der Waals surface area contributed by atoms with Crippen LogP contribution in [0.1, 0.15) is 25.8 Å². The molecular formula is C17H24IN3. The molecule has 2 aromatic carbocycles. The van der Waals surface area contributed by atoms with E-state index in [-0.39, 0.29) is 24.0 Å². The maximum Gasteiger partial charge on any atom is 0.191 e. The van der Waals surface area contributed by atoms with Crippen molar-refractivity contribution in [1.82, 2.24) is 10.6 Å². The third kappa shape index (κ3) is 5.53. The van der Waals surface area contributed by atoms with Crippen LogP contribution in [0, 0.1) is 0 Å². The SMILES string of the molecule is CCCNC(=NCc1ccc2ccccc2c1)NCC.I. The molecule has 0 bridgehead atoms. The highest BCUT2D eigenvalue weighted by Gasteiger charge is 1.98. The first kappa shape index (κ1) is 17.8. The molecule has 0 heterocycles. The van der Waals surface area contributed by atoms with E-state index in [2.05, 4.69) is 71.9 Å². The number of hydrogen-bond acceptors (Lipinski definition) is 1. The highest BCUT2D eigenvalue weighted by molar-refractivity contribution is 14.0. The van der Waals surface area contributed by atoms with E-state index in [0.717, 1.165) is 25.5 Å². The van der Waals surface area contributed by atoms with Crippen LogP contribution in [-0.4, -0.2) is 19.0 Å². The van der Waals surface area contributed by atoms with E-state index in [9.17, 15) is 0 Å². The topological polar surface area (TPSA) is 36.4 Å². The number of rotatable bonds is 5. The van der Waals surface area contributed by atoms with Crippen molar-refractivity contribution in [3.8, 4) is 0 Å². The summed E-state index contributed by atoms with van der Waals surface area (Å²) in [5.41, 5.74) is 1.23. The number of nitrogens with one attached hydrogen (secondary N) is 2. The molecule has 0 atom stereocenters. The Morgan fingerprint density at radius 3 is 2.48 bits per heavy atom. The van der Waals surface area contributed by atoms with Crippen LogP contribution in [-0.2, 0) is 6.54 Å². The maximum atomic E-state index is 4.62. The lowest BCUT2D eigenvalue weighted by molar-refractivity contribution is 0.785. The summed E-state index contributed by atoms with van der Waals surface area (Å²) in [5.74, 6) is 0.891. The molecule has 114 valence electrons. The molecule has 21 heavy (non-hydrogen) atoms. The highest BCUT2D eigenvalue weighted by Crippen LogP contribution is 2.16. The average Bonchev–Trinajstić information content (AvgIpc) is 2.50. The van der Waals surface area contributed by atoms with Crippen LogP contribution in [0.15, 0.2) is 47.5 Å². The van der Waals surface area contributed by atoms with Crippen molar-refractivity contribution >= 4 is 40.7 Å². The van der Waals surface area contributed by atoms with Gasteiger partial charge in [-0.25, -0.2) is 4.99 Å². The Bertz CT molecular complexity index is 581. The third-order valence-electron chi connectivity index (χ3n) is 3.12. The van der Waals surface area contributed by atoms with Gasteiger partial charge < -0.3 is 10.6 Å². The van der Waals surface area contributed by atoms with E-state index >= 15 is 0 Å². The van der Waals surface area contributed by atoms with Crippen molar-refractivity contribution in [2.75, 3.05) is 13.1 Å². The number of benzene rings is 2. The van der Waals surface area contributed by atoms with E-state index < -0.39 is 0 Å². The van der Waals surface area contributed by atoms with Gasteiger partial charge in [0, 0.05) is 13.1 Å². The normalized spacial score (nSPS) is 11.0. The van der Waals surface area contributed by atoms with Crippen molar-refractivity contribution < 1.29 is 0 Å². The van der Waals surface area contributed by atoms with E-state index in [0.29, 0.717) is 6.54 Å². The second kappa shape index (κ2) is 9.60. The summed E-state index contributed by atoms with van der Waals surface area (Å²) in [6.07, 6.45) is 1.10. The molecule has 2 rings (SSSR count). The zero-order valence-electron chi connectivity index (χ0n) is 12.7. The lowest BCUT2D eigenvalue weighted by atomic mass is 10.1. The van der Waals surface area contributed by atoms with Gasteiger partial charge in [-0.1, -0.05) is 43.3 Å². The van der Waals surface area contributed by atoms with Gasteiger partial charge in [0.05, 0.1) is 6.54 Å². The van der Waals surface area contributed by atoms with Crippen molar-refractivity contribution in [3.63, 3.8) is 0 Å². The van der Waals surface area contributed by atoms with E-state index in [1.54, 1.807) is 0 Å². The van der Waals surface area contributed by atoms with Crippen LogP contribution in [0.25, 0.3) is 10.8 Å². The number of aliphatic imine (C=N–C) groups is 1. The largest absolute Gasteiger partial charge is 0.357 e. The summed E-state index contributed by atoms with van der Waals surface area (Å²) in [4.78, 5) is 4.62. The number of hydrogen-bond donors (Lipinski definition) is 2. The Labute approximate surface area is 144 Å². The molecule has 3 nitrogen and oxygen atoms in total. The average molecular weight is 397 g/mol. The standard InChI is InChI=1S/C17H23N3.HI/c1-3-11-19-17(18-4-2)20-13-14-9-10-15-7-5-6-8-16(15)12-14;/h5-10,12H,3-4,11,13H2,1-2H3,(H2,18,19,20);1H. The Balaban J connectivity index is 0.00000220. The fraction of sp³-hybridized carbons (Fsp3) is 0.353. The summed E-state index contributed by atoms with van der Waals surface area (Å²) >= 11 is 0. The van der Waals surface area contributed by atoms with Gasteiger partial charge in [-0.05, 0) is 35.7 Å². The first-order chi connectivity index (χ1) is 9.83. The van der Waals surface area contributed by atoms with Gasteiger partial charge in [0.2, 0.25) is 0 Å². The Hall–Kier alpha value is -1.30. The molecule has 0 amide bonds. The summed E-state index contributed by atoms with van der Waals surface area (Å²) < 4.78 is 0. The number of halogens is 1. The molecule has 0 aliphatic heterocycles. The van der Waals surface area contributed by atoms with Crippen LogP contribution < -0.4 is 10.6 Å². The molecule has 4 heteroatoms. The Kier molecular flexibility index (Phi) is 8.12. The van der Waals surface area contributed by atoms with Gasteiger partial charge >= 0.3 is 0 Å². The highest BCUT2D eigenvalue weighted by atomic mass is 127. The smallest absolute Gasteiger partial charge is 0.191 e. The minimum absolute atomic E-state index is 0. The van der Waals surface area contributed by atoms with Crippen molar-refractivity contribution in [2.24, 2.45) is 4.99 Å². The first-order valence-electron chi connectivity index (χ1n) is 7.33. The molecule has 0 radical (unpaired) electrons. The minimum Gasteiger partial charge on any atom is -0.357 e. The number of guanidine groups is 1. The monoisotopic (exact) mass is 397 g/mol. The molecule has 0 aliphatic carbocycles. The lowest BCUT2D eigenvalue weighted by Crippen LogP contribution is -2.37. The van der Waals surface area contributed by atoms with Crippen LogP contribution in [0.2, 0.25) is 0 Å². The molecule has 0 aromatic heterocycles. The second-order valence-corrected chi connectivity index (χ2v) is 4.80. The predicted molar refractivity (Wildman–Crippen MR) is 102 cm³/mol. The zero-order valence-corrected chi connectivity index (χ0v) is 15.1. The van der Waals surface area contributed by atoms with Crippen LogP contribution in [0.3, 0.4) is 0 Å². The van der Waals surface area contributed by atoms with Crippen molar-refractivity contribution in [1.29, 1.82) is 0 Å². The zero-order chi connectivity index (χ0) is 14.2. The van der Waals surface area contributed by atoms with Gasteiger partial charge in [0.1, 0.15) is 0 Å². The summed E-state index contributed by atoms with van der Waals surface area (Å²) in [6, 6.07) is 14.9. The fourth-order valence-electron chi connectivity index (χ4n) is 2.09. The molecular weight excluding hydrogens is 373 g/mol. The van der Waals surface area contributed by atoms with Gasteiger partial charge in [-0.3, -0.25) is 0 Å². The van der Waals surface area contributed by atoms with Gasteiger partial charge in [0.15, 0.2) is 5.96 Å². The second-order valence-electron chi connectivity index (χ2n) is 4.80. The Morgan fingerprint density at radius 2 is 1.76 bits per heavy atom. The van der Waals surface area contributed by atoms with E-state index in [1.807, 2.05) is 0 Å². The van der Waals surface area contributed by atoms with Gasteiger partial charge in [-0.2, -0.15) is 0 Å². The fourth-order valence-corrected chi connectivity index (χ4v) is 2.09. The summed E-state index contributed by atoms with van der Waals surface area (Å²) in [6.45, 7) is 6.76. The van der Waals surface area contributed by atoms with Crippen LogP contribution >= 0.6 is 24.0 Å². The summed E-state index contributed by atoms with van der Waals surface area (Å²) in [5, 5.41) is 9.12. The quantitative estimate of drug-likeness (QED) is 0.456. The van der Waals surface area contributed by atoms with E-state index in [4.69, 9.17) is 0 Å². The van der Waals surface area contributed by atoms with Crippen molar-refractivity contribution in [3.05, 3.63) is 48.0 Å². The molecule has 0 spiro atoms. The number of nitrogens with zero attached hydrogens (tertiary/aromatic N) is 1. The molecule has 2 N–H and O–H groups in total. The van der Waals surface area contributed by atoms with Crippen LogP contribution in [0.5, 0.6) is 0 Å². The van der Waals surface area contributed by atoms with Gasteiger partial charge in [-0.15, -0.1) is 24.0 Å². The predicted octanol–water partition coefficient (Wildman–Crippen LogP) is 3.92. The van der Waals surface area contributed by atoms with E-state index in [1.165, 1.54) is 16.3 Å². The first-order valence-corrected chi connectivity index (χ1v) is 7.33. The van der Waals surface area contributed by atoms with Crippen LogP contribution in [0.4, 0.5) is 0 Å². The lowest BCUT2D eigenvalue weighted by Gasteiger charge is -2.10. The molecule has 0 unspecified atom stereocenters. The minimum atomic E-state index is 0. The van der Waals surface area contributed by atoms with Crippen molar-refractivity contribution in [2.45, 2.75) is 26.8 Å².